The lowest BCUT2D eigenvalue weighted by Crippen LogP contribution is -2.16. The molecule has 9 nitrogen and oxygen atoms in total. The molecule has 0 unspecified atom stereocenters. The lowest BCUT2D eigenvalue weighted by Gasteiger charge is -2.09. The Morgan fingerprint density at radius 3 is 2.83 bits per heavy atom. The average molecular weight is 405 g/mol. The fraction of sp³-hybridized carbons (Fsp3) is 0.333. The zero-order chi connectivity index (χ0) is 21.0. The molecule has 0 aromatic carbocycles. The highest BCUT2D eigenvalue weighted by Crippen LogP contribution is 2.33. The van der Waals surface area contributed by atoms with Crippen LogP contribution in [-0.2, 0) is 6.54 Å². The van der Waals surface area contributed by atoms with Gasteiger partial charge in [-0.25, -0.2) is 23.7 Å². The molecule has 1 atom stereocenters. The number of aliphatic hydroxyl groups excluding tert-OH is 1. The number of nitrogens with zero attached hydrogens (tertiary/aromatic N) is 5. The molecule has 0 radical (unpaired) electrons. The van der Waals surface area contributed by atoms with E-state index in [1.165, 1.54) is 25.7 Å². The van der Waals surface area contributed by atoms with Gasteiger partial charge in [-0.2, -0.15) is 5.10 Å². The number of anilines is 2. The monoisotopic (exact) mass is 405 g/mol. The summed E-state index contributed by atoms with van der Waals surface area (Å²) in [7, 11) is 1.46. The first-order chi connectivity index (χ1) is 13.9. The van der Waals surface area contributed by atoms with Gasteiger partial charge in [-0.05, 0) is 19.1 Å². The van der Waals surface area contributed by atoms with Crippen LogP contribution in [0.15, 0.2) is 30.7 Å². The number of hydrogen-bond donors (Lipinski definition) is 3. The van der Waals surface area contributed by atoms with Crippen molar-refractivity contribution in [1.29, 1.82) is 0 Å². The largest absolute Gasteiger partial charge is 0.493 e. The highest BCUT2D eigenvalue weighted by molar-refractivity contribution is 5.79. The van der Waals surface area contributed by atoms with Gasteiger partial charge >= 0.3 is 0 Å². The molecule has 0 amide bonds. The van der Waals surface area contributed by atoms with Gasteiger partial charge in [-0.15, -0.1) is 0 Å². The van der Waals surface area contributed by atoms with E-state index in [0.717, 1.165) is 4.68 Å². The second-order valence-corrected chi connectivity index (χ2v) is 6.31. The molecule has 3 heterocycles. The molecule has 0 aliphatic carbocycles. The summed E-state index contributed by atoms with van der Waals surface area (Å²) >= 11 is 0. The summed E-state index contributed by atoms with van der Waals surface area (Å²) in [6.07, 6.45) is 1.36. The number of alkyl halides is 2. The maximum Gasteiger partial charge on any atom is 0.257 e. The van der Waals surface area contributed by atoms with E-state index in [9.17, 15) is 13.9 Å². The third-order valence-electron chi connectivity index (χ3n) is 3.95. The van der Waals surface area contributed by atoms with Crippen LogP contribution in [0, 0.1) is 0 Å². The van der Waals surface area contributed by atoms with Crippen molar-refractivity contribution in [3.05, 3.63) is 30.7 Å². The molecule has 0 fully saturated rings. The zero-order valence-corrected chi connectivity index (χ0v) is 15.9. The Labute approximate surface area is 165 Å². The number of halogens is 2. The lowest BCUT2D eigenvalue weighted by molar-refractivity contribution is 0.122. The number of pyridine rings is 1. The minimum absolute atomic E-state index is 0.205. The number of ether oxygens (including phenoxy) is 1. The first-order valence-electron chi connectivity index (χ1n) is 8.78. The first kappa shape index (κ1) is 20.4. The third-order valence-corrected chi connectivity index (χ3v) is 3.95. The van der Waals surface area contributed by atoms with Crippen LogP contribution in [0.5, 0.6) is 5.75 Å². The Kier molecular flexibility index (Phi) is 6.17. The third kappa shape index (κ3) is 4.93. The van der Waals surface area contributed by atoms with E-state index in [2.05, 4.69) is 25.4 Å². The number of rotatable bonds is 8. The summed E-state index contributed by atoms with van der Waals surface area (Å²) in [6.45, 7) is 1.33. The zero-order valence-electron chi connectivity index (χ0n) is 15.9. The van der Waals surface area contributed by atoms with Crippen molar-refractivity contribution in [3.63, 3.8) is 0 Å². The topological polar surface area (TPSA) is 124 Å². The predicted molar refractivity (Wildman–Crippen MR) is 104 cm³/mol. The number of aliphatic hydroxyl groups is 1. The molecule has 4 N–H and O–H groups in total. The quantitative estimate of drug-likeness (QED) is 0.520. The summed E-state index contributed by atoms with van der Waals surface area (Å²) in [5.41, 5.74) is 7.69. The Morgan fingerprint density at radius 1 is 1.34 bits per heavy atom. The minimum atomic E-state index is -2.57. The number of nitrogens with two attached hydrogens (primary N) is 1. The normalized spacial score (nSPS) is 12.2. The van der Waals surface area contributed by atoms with Crippen LogP contribution < -0.4 is 15.8 Å². The highest BCUT2D eigenvalue weighted by atomic mass is 19.3. The number of methoxy groups -OCH3 is 1. The predicted octanol–water partition coefficient (Wildman–Crippen LogP) is 2.05. The molecule has 0 aliphatic rings. The lowest BCUT2D eigenvalue weighted by atomic mass is 10.1. The molecular formula is C18H21F2N7O2. The summed E-state index contributed by atoms with van der Waals surface area (Å²) in [6, 6.07) is 3.28. The van der Waals surface area contributed by atoms with Crippen molar-refractivity contribution >= 4 is 11.8 Å². The van der Waals surface area contributed by atoms with E-state index in [1.54, 1.807) is 19.1 Å². The van der Waals surface area contributed by atoms with E-state index in [0.29, 0.717) is 34.2 Å². The van der Waals surface area contributed by atoms with Crippen molar-refractivity contribution in [2.45, 2.75) is 26.0 Å². The van der Waals surface area contributed by atoms with Crippen molar-refractivity contribution < 1.29 is 18.6 Å². The van der Waals surface area contributed by atoms with Gasteiger partial charge in [-0.1, -0.05) is 0 Å². The second kappa shape index (κ2) is 8.78. The van der Waals surface area contributed by atoms with E-state index < -0.39 is 19.1 Å². The molecule has 3 rings (SSSR count). The number of nitrogen functional groups attached to an aromatic ring is 1. The Balaban J connectivity index is 2.06. The van der Waals surface area contributed by atoms with E-state index >= 15 is 0 Å². The van der Waals surface area contributed by atoms with Gasteiger partial charge in [0.25, 0.3) is 6.43 Å². The van der Waals surface area contributed by atoms with Gasteiger partial charge in [0.05, 0.1) is 18.9 Å². The van der Waals surface area contributed by atoms with Crippen LogP contribution in [0.3, 0.4) is 0 Å². The van der Waals surface area contributed by atoms with Crippen LogP contribution in [0.25, 0.3) is 22.5 Å². The van der Waals surface area contributed by atoms with Gasteiger partial charge < -0.3 is 20.9 Å². The fourth-order valence-electron chi connectivity index (χ4n) is 2.64. The van der Waals surface area contributed by atoms with Crippen LogP contribution in [0.2, 0.25) is 0 Å². The molecule has 154 valence electrons. The minimum Gasteiger partial charge on any atom is -0.493 e. The van der Waals surface area contributed by atoms with Crippen molar-refractivity contribution in [2.75, 3.05) is 24.7 Å². The fourth-order valence-corrected chi connectivity index (χ4v) is 2.64. The first-order valence-corrected chi connectivity index (χ1v) is 8.78. The molecule has 0 saturated heterocycles. The average Bonchev–Trinajstić information content (AvgIpc) is 3.10. The number of hydrogen-bond acceptors (Lipinski definition) is 8. The Bertz CT molecular complexity index is 979. The summed E-state index contributed by atoms with van der Waals surface area (Å²) in [5, 5.41) is 16.6. The highest BCUT2D eigenvalue weighted by Gasteiger charge is 2.18. The van der Waals surface area contributed by atoms with Gasteiger partial charge in [-0.3, -0.25) is 4.68 Å². The van der Waals surface area contributed by atoms with Crippen molar-refractivity contribution in [2.24, 2.45) is 0 Å². The molecule has 0 spiro atoms. The van der Waals surface area contributed by atoms with E-state index in [1.807, 2.05) is 0 Å². The molecule has 0 aliphatic heterocycles. The van der Waals surface area contributed by atoms with Gasteiger partial charge in [0.1, 0.15) is 12.2 Å². The second-order valence-electron chi connectivity index (χ2n) is 6.31. The summed E-state index contributed by atoms with van der Waals surface area (Å²) < 4.78 is 32.2. The number of nitrogens with one attached hydrogen (secondary N) is 1. The van der Waals surface area contributed by atoms with E-state index in [-0.39, 0.29) is 12.4 Å². The molecule has 0 bridgehead atoms. The maximum atomic E-state index is 12.9. The standard InChI is InChI=1S/C18H21F2N7O2/c1-10(28)6-24-18-22-4-3-13(25-18)12-8-27(9-15(19)20)26-16(12)11-5-14(29-2)17(21)23-7-11/h3-5,7-8,10,15,28H,6,9H2,1-2H3,(H2,21,23)(H,22,24,25)/t10-/m0/s1. The smallest absolute Gasteiger partial charge is 0.257 e. The van der Waals surface area contributed by atoms with Crippen molar-refractivity contribution in [1.82, 2.24) is 24.7 Å². The Morgan fingerprint density at radius 2 is 2.14 bits per heavy atom. The molecule has 29 heavy (non-hydrogen) atoms. The van der Waals surface area contributed by atoms with Crippen LogP contribution in [0.1, 0.15) is 6.92 Å². The van der Waals surface area contributed by atoms with Gasteiger partial charge in [0.15, 0.2) is 11.6 Å². The van der Waals surface area contributed by atoms with Crippen LogP contribution in [0.4, 0.5) is 20.5 Å². The van der Waals surface area contributed by atoms with Crippen LogP contribution in [-0.4, -0.2) is 56.0 Å². The van der Waals surface area contributed by atoms with Crippen LogP contribution >= 0.6 is 0 Å². The van der Waals surface area contributed by atoms with Gasteiger partial charge in [0.2, 0.25) is 5.95 Å². The van der Waals surface area contributed by atoms with Crippen molar-refractivity contribution in [3.8, 4) is 28.3 Å². The summed E-state index contributed by atoms with van der Waals surface area (Å²) in [4.78, 5) is 12.6. The SMILES string of the molecule is COc1cc(-c2nn(CC(F)F)cc2-c2ccnc(NC[C@H](C)O)n2)cnc1N. The van der Waals surface area contributed by atoms with E-state index in [4.69, 9.17) is 10.5 Å². The number of aromatic nitrogens is 5. The summed E-state index contributed by atoms with van der Waals surface area (Å²) in [5.74, 6) is 0.847. The molecule has 0 saturated carbocycles. The molecule has 11 heteroatoms. The van der Waals surface area contributed by atoms with Gasteiger partial charge in [0, 0.05) is 36.3 Å². The molecule has 3 aromatic rings. The maximum absolute atomic E-state index is 12.9. The molecular weight excluding hydrogens is 384 g/mol. The Hall–Kier alpha value is -3.34. The molecule has 3 aromatic heterocycles.